The lowest BCUT2D eigenvalue weighted by molar-refractivity contribution is 0.209. The van der Waals surface area contributed by atoms with Crippen LogP contribution in [0.2, 0.25) is 5.02 Å². The number of para-hydroxylation sites is 2. The molecule has 0 fully saturated rings. The highest BCUT2D eigenvalue weighted by atomic mass is 35.5. The smallest absolute Gasteiger partial charge is 0.411 e. The summed E-state index contributed by atoms with van der Waals surface area (Å²) in [6.45, 7) is 1.89. The first kappa shape index (κ1) is 20.0. The summed E-state index contributed by atoms with van der Waals surface area (Å²) in [5.74, 6) is 0.463. The highest BCUT2D eigenvalue weighted by Crippen LogP contribution is 2.57. The fourth-order valence-corrected chi connectivity index (χ4v) is 6.05. The van der Waals surface area contributed by atoms with E-state index in [2.05, 4.69) is 0 Å². The van der Waals surface area contributed by atoms with E-state index in [1.807, 2.05) is 37.3 Å². The van der Waals surface area contributed by atoms with Gasteiger partial charge in [0, 0.05) is 13.2 Å². The fraction of sp³-hybridized carbons (Fsp3) is 0.188. The molecule has 25 heavy (non-hydrogen) atoms. The number of amides is 1. The monoisotopic (exact) mass is 418 g/mol. The molecule has 2 aromatic rings. The van der Waals surface area contributed by atoms with Crippen LogP contribution in [0.1, 0.15) is 6.92 Å². The van der Waals surface area contributed by atoms with Crippen molar-refractivity contribution in [2.45, 2.75) is 6.92 Å². The summed E-state index contributed by atoms with van der Waals surface area (Å²) in [5.41, 5.74) is 0.720. The van der Waals surface area contributed by atoms with Crippen molar-refractivity contribution in [3.8, 4) is 5.75 Å². The number of carbonyl (C=O) groups is 1. The van der Waals surface area contributed by atoms with Gasteiger partial charge in [-0.3, -0.25) is 0 Å². The second-order valence-corrected chi connectivity index (χ2v) is 10.9. The fourth-order valence-electron chi connectivity index (χ4n) is 1.88. The molecule has 0 aromatic heterocycles. The zero-order chi connectivity index (χ0) is 18.4. The van der Waals surface area contributed by atoms with Gasteiger partial charge >= 0.3 is 6.16 Å². The van der Waals surface area contributed by atoms with Gasteiger partial charge in [0.25, 0.3) is 0 Å². The van der Waals surface area contributed by atoms with Gasteiger partial charge in [-0.2, -0.15) is 0 Å². The van der Waals surface area contributed by atoms with Crippen molar-refractivity contribution in [3.63, 3.8) is 0 Å². The maximum absolute atomic E-state index is 13.1. The molecule has 1 unspecified atom stereocenters. The number of halogens is 2. The van der Waals surface area contributed by atoms with Gasteiger partial charge in [-0.05, 0) is 36.1 Å². The lowest BCUT2D eigenvalue weighted by atomic mass is 10.3. The molecule has 4 nitrogen and oxygen atoms in total. The van der Waals surface area contributed by atoms with E-state index in [1.165, 1.54) is 7.05 Å². The molecule has 0 saturated heterocycles. The molecular formula is C16H17ClFN2O2PS2. The largest absolute Gasteiger partial charge is 0.446 e. The van der Waals surface area contributed by atoms with Crippen LogP contribution in [0.5, 0.6) is 5.75 Å². The molecule has 0 aliphatic carbocycles. The second kappa shape index (κ2) is 8.90. The first-order chi connectivity index (χ1) is 11.9. The predicted molar refractivity (Wildman–Crippen MR) is 108 cm³/mol. The van der Waals surface area contributed by atoms with Crippen LogP contribution in [0.15, 0.2) is 54.6 Å². The predicted octanol–water partition coefficient (Wildman–Crippen LogP) is 6.14. The maximum Gasteiger partial charge on any atom is 0.411 e. The van der Waals surface area contributed by atoms with Crippen molar-refractivity contribution in [1.29, 1.82) is 0 Å². The Labute approximate surface area is 161 Å². The molecule has 0 heterocycles. The summed E-state index contributed by atoms with van der Waals surface area (Å²) in [6.07, 6.45) is -3.77. The van der Waals surface area contributed by atoms with E-state index in [4.69, 9.17) is 27.9 Å². The van der Waals surface area contributed by atoms with Crippen LogP contribution < -0.4 is 8.60 Å². The Bertz CT molecular complexity index is 782. The van der Waals surface area contributed by atoms with Crippen molar-refractivity contribution in [2.75, 3.05) is 17.3 Å². The van der Waals surface area contributed by atoms with E-state index in [1.54, 1.807) is 28.3 Å². The molecule has 1 atom stereocenters. The van der Waals surface area contributed by atoms with Gasteiger partial charge in [0.15, 0.2) is 0 Å². The second-order valence-electron chi connectivity index (χ2n) is 4.92. The zero-order valence-electron chi connectivity index (χ0n) is 13.6. The molecule has 2 rings (SSSR count). The van der Waals surface area contributed by atoms with Crippen LogP contribution in [0.25, 0.3) is 0 Å². The number of hydrogen-bond donors (Lipinski definition) is 0. The van der Waals surface area contributed by atoms with Gasteiger partial charge in [0.1, 0.15) is 5.75 Å². The topological polar surface area (TPSA) is 32.8 Å². The summed E-state index contributed by atoms with van der Waals surface area (Å²) in [4.78, 5) is 11.1. The maximum atomic E-state index is 13.1. The summed E-state index contributed by atoms with van der Waals surface area (Å²) in [7, 11) is 1.34. The lowest BCUT2D eigenvalue weighted by Crippen LogP contribution is -2.24. The van der Waals surface area contributed by atoms with Crippen molar-refractivity contribution in [2.24, 2.45) is 0 Å². The number of nitrogens with zero attached hydrogens (tertiary/aromatic N) is 2. The standard InChI is InChI=1S/C16H17ClFN2O2PS2/c1-3-23(24,22-15-12-8-7-11-14(15)17)20(25-19(2)16(18)21)13-9-5-4-6-10-13/h4-12H,3H2,1-2H3. The molecule has 1 amide bonds. The molecule has 2 aromatic carbocycles. The van der Waals surface area contributed by atoms with Crippen molar-refractivity contribution < 1.29 is 13.7 Å². The SMILES string of the molecule is CCP(=S)(Oc1ccccc1Cl)N(SN(C)C(=O)F)c1ccccc1. The first-order valence-electron chi connectivity index (χ1n) is 7.37. The van der Waals surface area contributed by atoms with Crippen molar-refractivity contribution in [3.05, 3.63) is 59.6 Å². The molecule has 0 aliphatic heterocycles. The average Bonchev–Trinajstić information content (AvgIpc) is 2.62. The van der Waals surface area contributed by atoms with E-state index >= 15 is 0 Å². The van der Waals surface area contributed by atoms with E-state index in [0.717, 1.165) is 22.1 Å². The third-order valence-corrected chi connectivity index (χ3v) is 9.12. The highest BCUT2D eigenvalue weighted by molar-refractivity contribution is 8.21. The van der Waals surface area contributed by atoms with Gasteiger partial charge in [-0.15, -0.1) is 4.39 Å². The quantitative estimate of drug-likeness (QED) is 0.233. The van der Waals surface area contributed by atoms with Gasteiger partial charge in [0.05, 0.1) is 22.8 Å². The molecule has 0 saturated carbocycles. The Morgan fingerprint density at radius 3 is 2.40 bits per heavy atom. The van der Waals surface area contributed by atoms with Crippen molar-refractivity contribution in [1.82, 2.24) is 4.31 Å². The Balaban J connectivity index is 2.43. The van der Waals surface area contributed by atoms with E-state index in [9.17, 15) is 9.18 Å². The van der Waals surface area contributed by atoms with Crippen LogP contribution in [-0.2, 0) is 11.8 Å². The van der Waals surface area contributed by atoms with Crippen LogP contribution in [0.4, 0.5) is 14.9 Å². The molecule has 0 N–H and O–H groups in total. The summed E-state index contributed by atoms with van der Waals surface area (Å²) in [6, 6.07) is 16.2. The molecule has 134 valence electrons. The van der Waals surface area contributed by atoms with Crippen molar-refractivity contribution >= 4 is 53.8 Å². The number of anilines is 1. The number of rotatable bonds is 7. The molecule has 0 spiro atoms. The molecular weight excluding hydrogens is 402 g/mol. The third-order valence-electron chi connectivity index (χ3n) is 3.18. The van der Waals surface area contributed by atoms with Gasteiger partial charge in [0.2, 0.25) is 6.42 Å². The minimum Gasteiger partial charge on any atom is -0.446 e. The lowest BCUT2D eigenvalue weighted by Gasteiger charge is -2.35. The molecule has 0 bridgehead atoms. The first-order valence-corrected chi connectivity index (χ1v) is 11.3. The van der Waals surface area contributed by atoms with Crippen LogP contribution in [0.3, 0.4) is 0 Å². The average molecular weight is 419 g/mol. The number of hydrogen-bond acceptors (Lipinski definition) is 4. The highest BCUT2D eigenvalue weighted by Gasteiger charge is 2.31. The Hall–Kier alpha value is -1.27. The van der Waals surface area contributed by atoms with E-state index in [-0.39, 0.29) is 0 Å². The minimum atomic E-state index is -2.69. The summed E-state index contributed by atoms with van der Waals surface area (Å²) < 4.78 is 21.8. The molecule has 0 radical (unpaired) electrons. The van der Waals surface area contributed by atoms with Gasteiger partial charge in [-0.1, -0.05) is 48.9 Å². The molecule has 9 heteroatoms. The molecule has 0 aliphatic rings. The van der Waals surface area contributed by atoms with Crippen LogP contribution in [0, 0.1) is 0 Å². The minimum absolute atomic E-state index is 0.443. The summed E-state index contributed by atoms with van der Waals surface area (Å²) >= 11 is 12.9. The number of carbonyl (C=O) groups excluding carboxylic acids is 1. The Morgan fingerprint density at radius 1 is 1.24 bits per heavy atom. The third kappa shape index (κ3) is 5.11. The normalized spacial score (nSPS) is 13.0. The summed E-state index contributed by atoms with van der Waals surface area (Å²) in [5, 5.41) is 0.443. The Morgan fingerprint density at radius 2 is 1.84 bits per heavy atom. The Kier molecular flexibility index (Phi) is 7.14. The van der Waals surface area contributed by atoms with Gasteiger partial charge in [-0.25, -0.2) is 13.2 Å². The van der Waals surface area contributed by atoms with E-state index in [0.29, 0.717) is 16.9 Å². The zero-order valence-corrected chi connectivity index (χ0v) is 16.9. The van der Waals surface area contributed by atoms with E-state index < -0.39 is 12.6 Å². The van der Waals surface area contributed by atoms with Gasteiger partial charge < -0.3 is 4.52 Å². The van der Waals surface area contributed by atoms with Crippen LogP contribution >= 0.6 is 30.2 Å². The van der Waals surface area contributed by atoms with Crippen LogP contribution in [-0.4, -0.2) is 23.7 Å². The number of benzene rings is 2.